The van der Waals surface area contributed by atoms with E-state index in [2.05, 4.69) is 115 Å². The van der Waals surface area contributed by atoms with Crippen molar-refractivity contribution >= 4 is 10.8 Å². The molecule has 0 bridgehead atoms. The molecule has 0 saturated heterocycles. The highest BCUT2D eigenvalue weighted by atomic mass is 14.5. The van der Waals surface area contributed by atoms with E-state index in [0.29, 0.717) is 0 Å². The van der Waals surface area contributed by atoms with Crippen LogP contribution in [0.3, 0.4) is 0 Å². The van der Waals surface area contributed by atoms with Crippen molar-refractivity contribution in [2.45, 2.75) is 5.41 Å². The summed E-state index contributed by atoms with van der Waals surface area (Å²) in [5, 5.41) is 2.54. The first kappa shape index (κ1) is 16.3. The Bertz CT molecular complexity index is 1290. The SMILES string of the molecule is [c]1cccc2c1-c1cc3ccccc3cc1C2(c1ccccc1)c1ccccc1. The summed E-state index contributed by atoms with van der Waals surface area (Å²) in [7, 11) is 0. The van der Waals surface area contributed by atoms with Crippen LogP contribution in [0, 0.1) is 6.07 Å². The molecule has 1 radical (unpaired) electrons. The van der Waals surface area contributed by atoms with Crippen molar-refractivity contribution < 1.29 is 0 Å². The van der Waals surface area contributed by atoms with Crippen LogP contribution in [0.2, 0.25) is 0 Å². The van der Waals surface area contributed by atoms with E-state index in [1.807, 2.05) is 6.07 Å². The average molecular weight is 367 g/mol. The Kier molecular flexibility index (Phi) is 3.48. The fourth-order valence-electron chi connectivity index (χ4n) is 5.04. The molecule has 0 fully saturated rings. The molecule has 0 heterocycles. The quantitative estimate of drug-likeness (QED) is 0.309. The molecule has 5 aromatic rings. The molecular weight excluding hydrogens is 348 g/mol. The number of hydrogen-bond donors (Lipinski definition) is 0. The van der Waals surface area contributed by atoms with Gasteiger partial charge in [-0.25, -0.2) is 0 Å². The lowest BCUT2D eigenvalue weighted by Crippen LogP contribution is -2.28. The Balaban J connectivity index is 1.83. The fraction of sp³-hybridized carbons (Fsp3) is 0.0345. The Morgan fingerprint density at radius 2 is 1.10 bits per heavy atom. The van der Waals surface area contributed by atoms with Crippen molar-refractivity contribution in [2.24, 2.45) is 0 Å². The third-order valence-corrected chi connectivity index (χ3v) is 6.23. The van der Waals surface area contributed by atoms with Gasteiger partial charge < -0.3 is 0 Å². The van der Waals surface area contributed by atoms with Gasteiger partial charge in [-0.3, -0.25) is 0 Å². The molecule has 0 aliphatic heterocycles. The lowest BCUT2D eigenvalue weighted by atomic mass is 9.67. The lowest BCUT2D eigenvalue weighted by Gasteiger charge is -2.34. The highest BCUT2D eigenvalue weighted by Crippen LogP contribution is 2.56. The van der Waals surface area contributed by atoms with E-state index in [-0.39, 0.29) is 5.41 Å². The standard InChI is InChI=1S/C29H19/c1-3-13-23(14-4-1)29(24-15-5-2-6-16-24)27-18-10-9-17-25(27)26-19-21-11-7-8-12-22(21)20-28(26)29/h1-16,18-20H. The number of benzene rings is 5. The topological polar surface area (TPSA) is 0 Å². The van der Waals surface area contributed by atoms with Crippen molar-refractivity contribution in [2.75, 3.05) is 0 Å². The van der Waals surface area contributed by atoms with Crippen molar-refractivity contribution in [3.63, 3.8) is 0 Å². The second-order valence-corrected chi connectivity index (χ2v) is 7.69. The first-order chi connectivity index (χ1) is 14.4. The maximum atomic E-state index is 3.56. The minimum Gasteiger partial charge on any atom is -0.0622 e. The van der Waals surface area contributed by atoms with E-state index in [1.165, 1.54) is 44.2 Å². The molecule has 0 unspecified atom stereocenters. The van der Waals surface area contributed by atoms with Crippen LogP contribution >= 0.6 is 0 Å². The smallest absolute Gasteiger partial charge is 0.0622 e. The zero-order chi connectivity index (χ0) is 19.3. The normalized spacial score (nSPS) is 13.8. The maximum absolute atomic E-state index is 3.56. The van der Waals surface area contributed by atoms with Gasteiger partial charge in [0, 0.05) is 0 Å². The van der Waals surface area contributed by atoms with Crippen LogP contribution in [0.5, 0.6) is 0 Å². The molecular formula is C29H19. The Morgan fingerprint density at radius 1 is 0.517 bits per heavy atom. The molecule has 0 spiro atoms. The molecule has 0 amide bonds. The average Bonchev–Trinajstić information content (AvgIpc) is 3.09. The van der Waals surface area contributed by atoms with Gasteiger partial charge in [0.05, 0.1) is 5.41 Å². The largest absolute Gasteiger partial charge is 0.0714 e. The van der Waals surface area contributed by atoms with Crippen LogP contribution in [-0.4, -0.2) is 0 Å². The zero-order valence-electron chi connectivity index (χ0n) is 16.0. The molecule has 6 rings (SSSR count). The highest BCUT2D eigenvalue weighted by Gasteiger charge is 2.46. The van der Waals surface area contributed by atoms with E-state index in [4.69, 9.17) is 0 Å². The molecule has 0 atom stereocenters. The van der Waals surface area contributed by atoms with Gasteiger partial charge in [-0.15, -0.1) is 0 Å². The summed E-state index contributed by atoms with van der Waals surface area (Å²) in [6, 6.07) is 45.2. The van der Waals surface area contributed by atoms with E-state index < -0.39 is 0 Å². The van der Waals surface area contributed by atoms with E-state index in [0.717, 1.165) is 0 Å². The maximum Gasteiger partial charge on any atom is 0.0714 e. The van der Waals surface area contributed by atoms with Gasteiger partial charge in [-0.1, -0.05) is 103 Å². The summed E-state index contributed by atoms with van der Waals surface area (Å²) in [4.78, 5) is 0. The van der Waals surface area contributed by atoms with Crippen LogP contribution in [0.4, 0.5) is 0 Å². The van der Waals surface area contributed by atoms with Crippen LogP contribution in [0.15, 0.2) is 115 Å². The summed E-state index contributed by atoms with van der Waals surface area (Å²) in [5.41, 5.74) is 7.39. The number of rotatable bonds is 2. The second-order valence-electron chi connectivity index (χ2n) is 7.69. The van der Waals surface area contributed by atoms with Gasteiger partial charge in [-0.05, 0) is 62.4 Å². The van der Waals surface area contributed by atoms with E-state index >= 15 is 0 Å². The number of fused-ring (bicyclic) bond motifs is 4. The van der Waals surface area contributed by atoms with Crippen LogP contribution < -0.4 is 0 Å². The summed E-state index contributed by atoms with van der Waals surface area (Å²) in [5.74, 6) is 0. The van der Waals surface area contributed by atoms with Gasteiger partial charge >= 0.3 is 0 Å². The van der Waals surface area contributed by atoms with Crippen molar-refractivity contribution in [3.05, 3.63) is 144 Å². The predicted octanol–water partition coefficient (Wildman–Crippen LogP) is 7.00. The molecule has 5 aromatic carbocycles. The Morgan fingerprint density at radius 3 is 1.76 bits per heavy atom. The second kappa shape index (κ2) is 6.18. The third kappa shape index (κ3) is 2.20. The Hall–Kier alpha value is -3.64. The first-order valence-electron chi connectivity index (χ1n) is 10.0. The van der Waals surface area contributed by atoms with Gasteiger partial charge in [0.15, 0.2) is 0 Å². The minimum atomic E-state index is -0.338. The third-order valence-electron chi connectivity index (χ3n) is 6.23. The van der Waals surface area contributed by atoms with Crippen LogP contribution in [0.1, 0.15) is 22.3 Å². The summed E-state index contributed by atoms with van der Waals surface area (Å²) < 4.78 is 0. The fourth-order valence-corrected chi connectivity index (χ4v) is 5.04. The number of hydrogen-bond acceptors (Lipinski definition) is 0. The van der Waals surface area contributed by atoms with Gasteiger partial charge in [0.2, 0.25) is 0 Å². The lowest BCUT2D eigenvalue weighted by molar-refractivity contribution is 0.769. The molecule has 29 heavy (non-hydrogen) atoms. The zero-order valence-corrected chi connectivity index (χ0v) is 16.0. The molecule has 135 valence electrons. The monoisotopic (exact) mass is 367 g/mol. The van der Waals surface area contributed by atoms with E-state index in [1.54, 1.807) is 0 Å². The molecule has 0 heteroatoms. The summed E-state index contributed by atoms with van der Waals surface area (Å²) in [6.45, 7) is 0. The van der Waals surface area contributed by atoms with Gasteiger partial charge in [0.1, 0.15) is 0 Å². The van der Waals surface area contributed by atoms with Crippen molar-refractivity contribution in [3.8, 4) is 11.1 Å². The van der Waals surface area contributed by atoms with Crippen molar-refractivity contribution in [1.29, 1.82) is 0 Å². The van der Waals surface area contributed by atoms with Crippen LogP contribution in [-0.2, 0) is 5.41 Å². The van der Waals surface area contributed by atoms with Crippen molar-refractivity contribution in [1.82, 2.24) is 0 Å². The summed E-state index contributed by atoms with van der Waals surface area (Å²) >= 11 is 0. The summed E-state index contributed by atoms with van der Waals surface area (Å²) in [6.07, 6.45) is 0. The first-order valence-corrected chi connectivity index (χ1v) is 10.0. The molecule has 1 aliphatic rings. The predicted molar refractivity (Wildman–Crippen MR) is 120 cm³/mol. The van der Waals surface area contributed by atoms with Crippen LogP contribution in [0.25, 0.3) is 21.9 Å². The minimum absolute atomic E-state index is 0.338. The van der Waals surface area contributed by atoms with Gasteiger partial charge in [-0.2, -0.15) is 0 Å². The molecule has 0 saturated carbocycles. The molecule has 0 nitrogen and oxygen atoms in total. The Labute approximate surface area is 171 Å². The van der Waals surface area contributed by atoms with Gasteiger partial charge in [0.25, 0.3) is 0 Å². The molecule has 0 N–H and O–H groups in total. The highest BCUT2D eigenvalue weighted by molar-refractivity contribution is 5.95. The molecule has 0 aromatic heterocycles. The van der Waals surface area contributed by atoms with E-state index in [9.17, 15) is 0 Å². The molecule has 1 aliphatic carbocycles.